The molecule has 2 aliphatic rings. The molecule has 1 aromatic rings. The Morgan fingerprint density at radius 3 is 2.43 bits per heavy atom. The predicted octanol–water partition coefficient (Wildman–Crippen LogP) is 3.25. The van der Waals surface area contributed by atoms with Gasteiger partial charge in [0.2, 0.25) is 0 Å². The third-order valence-corrected chi connectivity index (χ3v) is 4.54. The van der Waals surface area contributed by atoms with Gasteiger partial charge in [-0.15, -0.1) is 0 Å². The van der Waals surface area contributed by atoms with Crippen LogP contribution >= 0.6 is 0 Å². The average Bonchev–Trinajstić information content (AvgIpc) is 2.75. The minimum Gasteiger partial charge on any atom is -0.371 e. The van der Waals surface area contributed by atoms with Crippen LogP contribution in [0, 0.1) is 6.92 Å². The number of hydrogen-bond acceptors (Lipinski definition) is 3. The van der Waals surface area contributed by atoms with E-state index < -0.39 is 0 Å². The van der Waals surface area contributed by atoms with E-state index in [2.05, 4.69) is 56.1 Å². The molecule has 0 aromatic heterocycles. The highest BCUT2D eigenvalue weighted by molar-refractivity contribution is 5.51. The first-order valence-corrected chi connectivity index (χ1v) is 8.16. The SMILES string of the molecule is Cc1cc(N2CC3CCC(C2)O3)ccc1CNC(C)(C)C. The summed E-state index contributed by atoms with van der Waals surface area (Å²) in [6.07, 6.45) is 3.36. The fourth-order valence-electron chi connectivity index (χ4n) is 3.26. The lowest BCUT2D eigenvalue weighted by Gasteiger charge is -2.34. The monoisotopic (exact) mass is 288 g/mol. The zero-order valence-corrected chi connectivity index (χ0v) is 13.8. The Bertz CT molecular complexity index is 494. The van der Waals surface area contributed by atoms with Gasteiger partial charge in [-0.3, -0.25) is 0 Å². The van der Waals surface area contributed by atoms with Crippen LogP contribution in [0.1, 0.15) is 44.7 Å². The van der Waals surface area contributed by atoms with Crippen LogP contribution in [0.5, 0.6) is 0 Å². The molecule has 3 nitrogen and oxygen atoms in total. The van der Waals surface area contributed by atoms with Crippen LogP contribution in [0.4, 0.5) is 5.69 Å². The summed E-state index contributed by atoms with van der Waals surface area (Å²) in [5.74, 6) is 0. The molecular formula is C18H28N2O. The topological polar surface area (TPSA) is 24.5 Å². The average molecular weight is 288 g/mol. The number of benzene rings is 1. The van der Waals surface area contributed by atoms with Crippen molar-refractivity contribution in [2.24, 2.45) is 0 Å². The van der Waals surface area contributed by atoms with E-state index in [1.165, 1.54) is 29.7 Å². The molecule has 0 aliphatic carbocycles. The third kappa shape index (κ3) is 3.58. The maximum atomic E-state index is 5.93. The quantitative estimate of drug-likeness (QED) is 0.924. The maximum absolute atomic E-state index is 5.93. The number of nitrogens with one attached hydrogen (secondary N) is 1. The molecule has 2 heterocycles. The molecule has 0 amide bonds. The van der Waals surface area contributed by atoms with Crippen molar-refractivity contribution in [2.45, 2.75) is 64.8 Å². The molecule has 2 unspecified atom stereocenters. The van der Waals surface area contributed by atoms with E-state index in [1.54, 1.807) is 0 Å². The molecule has 2 saturated heterocycles. The van der Waals surface area contributed by atoms with Gasteiger partial charge in [-0.25, -0.2) is 0 Å². The van der Waals surface area contributed by atoms with E-state index >= 15 is 0 Å². The third-order valence-electron chi connectivity index (χ3n) is 4.54. The number of fused-ring (bicyclic) bond motifs is 2. The molecule has 3 heteroatoms. The van der Waals surface area contributed by atoms with Crippen LogP contribution in [0.25, 0.3) is 0 Å². The fourth-order valence-corrected chi connectivity index (χ4v) is 3.26. The number of nitrogens with zero attached hydrogens (tertiary/aromatic N) is 1. The molecule has 0 radical (unpaired) electrons. The van der Waals surface area contributed by atoms with Crippen LogP contribution in [-0.4, -0.2) is 30.8 Å². The van der Waals surface area contributed by atoms with Crippen LogP contribution in [-0.2, 0) is 11.3 Å². The summed E-state index contributed by atoms with van der Waals surface area (Å²) in [6.45, 7) is 11.9. The summed E-state index contributed by atoms with van der Waals surface area (Å²) in [7, 11) is 0. The molecule has 2 bridgehead atoms. The first-order valence-electron chi connectivity index (χ1n) is 8.16. The van der Waals surface area contributed by atoms with E-state index in [1.807, 2.05) is 0 Å². The lowest BCUT2D eigenvalue weighted by Crippen LogP contribution is -2.42. The highest BCUT2D eigenvalue weighted by Crippen LogP contribution is 2.30. The Labute approximate surface area is 128 Å². The van der Waals surface area contributed by atoms with Crippen LogP contribution in [0.2, 0.25) is 0 Å². The summed E-state index contributed by atoms with van der Waals surface area (Å²) in [5.41, 5.74) is 4.29. The van der Waals surface area contributed by atoms with Crippen molar-refractivity contribution >= 4 is 5.69 Å². The number of ether oxygens (including phenoxy) is 1. The summed E-state index contributed by atoms with van der Waals surface area (Å²) < 4.78 is 5.93. The molecule has 1 N–H and O–H groups in total. The van der Waals surface area contributed by atoms with Gasteiger partial charge in [0.1, 0.15) is 0 Å². The number of hydrogen-bond donors (Lipinski definition) is 1. The highest BCUT2D eigenvalue weighted by Gasteiger charge is 2.33. The van der Waals surface area contributed by atoms with Crippen molar-refractivity contribution < 1.29 is 4.74 Å². The Morgan fingerprint density at radius 2 is 1.86 bits per heavy atom. The molecule has 116 valence electrons. The van der Waals surface area contributed by atoms with Gasteiger partial charge >= 0.3 is 0 Å². The molecule has 0 spiro atoms. The van der Waals surface area contributed by atoms with E-state index in [4.69, 9.17) is 4.74 Å². The summed E-state index contributed by atoms with van der Waals surface area (Å²) in [6, 6.07) is 6.89. The first kappa shape index (κ1) is 14.9. The van der Waals surface area contributed by atoms with Crippen LogP contribution < -0.4 is 10.2 Å². The molecule has 2 aliphatic heterocycles. The number of anilines is 1. The Balaban J connectivity index is 1.69. The van der Waals surface area contributed by atoms with Gasteiger partial charge in [0.05, 0.1) is 12.2 Å². The Hall–Kier alpha value is -1.06. The van der Waals surface area contributed by atoms with Crippen molar-refractivity contribution in [2.75, 3.05) is 18.0 Å². The molecular weight excluding hydrogens is 260 g/mol. The molecule has 1 aromatic carbocycles. The zero-order valence-electron chi connectivity index (χ0n) is 13.8. The lowest BCUT2D eigenvalue weighted by atomic mass is 10.0. The van der Waals surface area contributed by atoms with Gasteiger partial charge in [-0.05, 0) is 63.8 Å². The van der Waals surface area contributed by atoms with Crippen molar-refractivity contribution in [3.8, 4) is 0 Å². The van der Waals surface area contributed by atoms with Crippen LogP contribution in [0.3, 0.4) is 0 Å². The van der Waals surface area contributed by atoms with Crippen molar-refractivity contribution in [3.05, 3.63) is 29.3 Å². The fraction of sp³-hybridized carbons (Fsp3) is 0.667. The first-order chi connectivity index (χ1) is 9.90. The van der Waals surface area contributed by atoms with Gasteiger partial charge in [0.15, 0.2) is 0 Å². The molecule has 2 atom stereocenters. The Kier molecular flexibility index (Phi) is 3.98. The molecule has 2 fully saturated rings. The summed E-state index contributed by atoms with van der Waals surface area (Å²) in [4.78, 5) is 2.50. The van der Waals surface area contributed by atoms with Crippen molar-refractivity contribution in [1.29, 1.82) is 0 Å². The number of rotatable bonds is 3. The van der Waals surface area contributed by atoms with Gasteiger partial charge in [0, 0.05) is 30.9 Å². The van der Waals surface area contributed by atoms with Gasteiger partial charge < -0.3 is 15.0 Å². The van der Waals surface area contributed by atoms with Gasteiger partial charge in [-0.2, -0.15) is 0 Å². The van der Waals surface area contributed by atoms with Gasteiger partial charge in [0.25, 0.3) is 0 Å². The van der Waals surface area contributed by atoms with E-state index in [0.29, 0.717) is 12.2 Å². The minimum atomic E-state index is 0.161. The molecule has 3 rings (SSSR count). The normalized spacial score (nSPS) is 25.4. The summed E-state index contributed by atoms with van der Waals surface area (Å²) in [5, 5.41) is 3.57. The molecule has 0 saturated carbocycles. The smallest absolute Gasteiger partial charge is 0.0755 e. The predicted molar refractivity (Wildman–Crippen MR) is 87.9 cm³/mol. The zero-order chi connectivity index (χ0) is 15.0. The second kappa shape index (κ2) is 5.62. The second-order valence-corrected chi connectivity index (χ2v) is 7.58. The second-order valence-electron chi connectivity index (χ2n) is 7.58. The molecule has 21 heavy (non-hydrogen) atoms. The number of morpholine rings is 1. The Morgan fingerprint density at radius 1 is 1.19 bits per heavy atom. The van der Waals surface area contributed by atoms with E-state index in [9.17, 15) is 0 Å². The highest BCUT2D eigenvalue weighted by atomic mass is 16.5. The van der Waals surface area contributed by atoms with Crippen molar-refractivity contribution in [3.63, 3.8) is 0 Å². The van der Waals surface area contributed by atoms with Crippen molar-refractivity contribution in [1.82, 2.24) is 5.32 Å². The largest absolute Gasteiger partial charge is 0.371 e. The number of aryl methyl sites for hydroxylation is 1. The van der Waals surface area contributed by atoms with E-state index in [0.717, 1.165) is 19.6 Å². The summed E-state index contributed by atoms with van der Waals surface area (Å²) >= 11 is 0. The van der Waals surface area contributed by atoms with E-state index in [-0.39, 0.29) is 5.54 Å². The standard InChI is InChI=1S/C18H28N2O/c1-13-9-15(6-5-14(13)10-19-18(2,3)4)20-11-16-7-8-17(12-20)21-16/h5-6,9,16-17,19H,7-8,10-12H2,1-4H3. The van der Waals surface area contributed by atoms with Gasteiger partial charge in [-0.1, -0.05) is 6.07 Å². The minimum absolute atomic E-state index is 0.161. The lowest BCUT2D eigenvalue weighted by molar-refractivity contribution is 0.0305. The van der Waals surface area contributed by atoms with Crippen LogP contribution in [0.15, 0.2) is 18.2 Å². The maximum Gasteiger partial charge on any atom is 0.0755 e.